The summed E-state index contributed by atoms with van der Waals surface area (Å²) in [7, 11) is 0. The number of benzene rings is 2. The molecule has 0 saturated carbocycles. The van der Waals surface area contributed by atoms with Gasteiger partial charge in [-0.1, -0.05) is 46.3 Å². The second-order valence-electron chi connectivity index (χ2n) is 6.01. The predicted molar refractivity (Wildman–Crippen MR) is 99.2 cm³/mol. The number of aromatic amines is 1. The summed E-state index contributed by atoms with van der Waals surface area (Å²) in [4.78, 5) is 15.9. The normalized spacial score (nSPS) is 17.7. The third kappa shape index (κ3) is 2.55. The van der Waals surface area contributed by atoms with Crippen LogP contribution in [0.5, 0.6) is 0 Å². The van der Waals surface area contributed by atoms with Gasteiger partial charge >= 0.3 is 0 Å². The predicted octanol–water partition coefficient (Wildman–Crippen LogP) is 4.25. The number of hydrazone groups is 1. The Bertz CT molecular complexity index is 956. The van der Waals surface area contributed by atoms with E-state index in [1.807, 2.05) is 49.4 Å². The zero-order chi connectivity index (χ0) is 16.7. The SMILES string of the molecule is Cc1[nH]c2ccccc2c1C1CC(c2ccc(Br)cc2)=NNC1=O. The van der Waals surface area contributed by atoms with Crippen molar-refractivity contribution in [3.8, 4) is 0 Å². The number of H-pyrrole nitrogens is 1. The lowest BCUT2D eigenvalue weighted by Gasteiger charge is -2.22. The molecule has 2 aromatic carbocycles. The van der Waals surface area contributed by atoms with Crippen LogP contribution in [0.15, 0.2) is 58.1 Å². The Morgan fingerprint density at radius 3 is 2.67 bits per heavy atom. The zero-order valence-electron chi connectivity index (χ0n) is 13.1. The first kappa shape index (κ1) is 15.1. The number of nitrogens with zero attached hydrogens (tertiary/aromatic N) is 1. The van der Waals surface area contributed by atoms with Crippen molar-refractivity contribution in [1.29, 1.82) is 0 Å². The van der Waals surface area contributed by atoms with E-state index in [1.54, 1.807) is 0 Å². The number of carbonyl (C=O) groups excluding carboxylic acids is 1. The lowest BCUT2D eigenvalue weighted by Crippen LogP contribution is -2.33. The Morgan fingerprint density at radius 1 is 1.12 bits per heavy atom. The average Bonchev–Trinajstić information content (AvgIpc) is 2.92. The van der Waals surface area contributed by atoms with E-state index in [0.29, 0.717) is 6.42 Å². The Labute approximate surface area is 148 Å². The molecule has 1 aromatic heterocycles. The number of nitrogens with one attached hydrogen (secondary N) is 2. The maximum absolute atomic E-state index is 12.5. The molecule has 2 N–H and O–H groups in total. The number of fused-ring (bicyclic) bond motifs is 1. The summed E-state index contributed by atoms with van der Waals surface area (Å²) in [6.45, 7) is 2.02. The molecule has 5 heteroatoms. The zero-order valence-corrected chi connectivity index (χ0v) is 14.7. The Kier molecular flexibility index (Phi) is 3.73. The van der Waals surface area contributed by atoms with E-state index in [0.717, 1.165) is 37.9 Å². The van der Waals surface area contributed by atoms with Crippen LogP contribution in [-0.4, -0.2) is 16.6 Å². The van der Waals surface area contributed by atoms with Crippen molar-refractivity contribution in [2.24, 2.45) is 5.10 Å². The molecule has 24 heavy (non-hydrogen) atoms. The molecule has 3 aromatic rings. The van der Waals surface area contributed by atoms with Crippen LogP contribution < -0.4 is 5.43 Å². The number of halogens is 1. The summed E-state index contributed by atoms with van der Waals surface area (Å²) in [6.07, 6.45) is 0.593. The lowest BCUT2D eigenvalue weighted by molar-refractivity contribution is -0.122. The summed E-state index contributed by atoms with van der Waals surface area (Å²) in [6, 6.07) is 16.1. The number of rotatable bonds is 2. The number of hydrogen-bond acceptors (Lipinski definition) is 2. The molecule has 2 heterocycles. The number of amides is 1. The van der Waals surface area contributed by atoms with E-state index in [9.17, 15) is 4.79 Å². The van der Waals surface area contributed by atoms with Crippen molar-refractivity contribution in [3.05, 3.63) is 69.8 Å². The van der Waals surface area contributed by atoms with Gasteiger partial charge in [-0.15, -0.1) is 0 Å². The van der Waals surface area contributed by atoms with E-state index in [1.165, 1.54) is 0 Å². The summed E-state index contributed by atoms with van der Waals surface area (Å²) < 4.78 is 1.02. The number of aryl methyl sites for hydroxylation is 1. The van der Waals surface area contributed by atoms with Crippen LogP contribution in [-0.2, 0) is 4.79 Å². The third-order valence-electron chi connectivity index (χ3n) is 4.48. The molecule has 1 aliphatic rings. The molecule has 0 saturated heterocycles. The highest BCUT2D eigenvalue weighted by Gasteiger charge is 2.30. The first-order valence-electron chi connectivity index (χ1n) is 7.83. The molecule has 1 unspecified atom stereocenters. The fraction of sp³-hybridized carbons (Fsp3) is 0.158. The maximum atomic E-state index is 12.5. The highest BCUT2D eigenvalue weighted by molar-refractivity contribution is 9.10. The van der Waals surface area contributed by atoms with Gasteiger partial charge in [0.2, 0.25) is 5.91 Å². The van der Waals surface area contributed by atoms with Gasteiger partial charge in [0.1, 0.15) is 0 Å². The first-order valence-corrected chi connectivity index (χ1v) is 8.62. The molecule has 1 aliphatic heterocycles. The molecule has 0 aliphatic carbocycles. The number of aromatic nitrogens is 1. The average molecular weight is 382 g/mol. The van der Waals surface area contributed by atoms with Crippen LogP contribution in [0.1, 0.15) is 29.2 Å². The van der Waals surface area contributed by atoms with E-state index in [-0.39, 0.29) is 11.8 Å². The second-order valence-corrected chi connectivity index (χ2v) is 6.92. The van der Waals surface area contributed by atoms with Crippen molar-refractivity contribution in [1.82, 2.24) is 10.4 Å². The molecule has 4 rings (SSSR count). The van der Waals surface area contributed by atoms with Crippen molar-refractivity contribution < 1.29 is 4.79 Å². The van der Waals surface area contributed by atoms with Crippen molar-refractivity contribution in [2.45, 2.75) is 19.3 Å². The van der Waals surface area contributed by atoms with Crippen LogP contribution >= 0.6 is 15.9 Å². The number of para-hydroxylation sites is 1. The topological polar surface area (TPSA) is 57.2 Å². The monoisotopic (exact) mass is 381 g/mol. The molecular weight excluding hydrogens is 366 g/mol. The summed E-state index contributed by atoms with van der Waals surface area (Å²) in [5.74, 6) is -0.291. The van der Waals surface area contributed by atoms with Gasteiger partial charge in [0, 0.05) is 27.5 Å². The van der Waals surface area contributed by atoms with Crippen LogP contribution in [0.3, 0.4) is 0 Å². The van der Waals surface area contributed by atoms with Crippen molar-refractivity contribution in [2.75, 3.05) is 0 Å². The van der Waals surface area contributed by atoms with Crippen LogP contribution in [0.2, 0.25) is 0 Å². The maximum Gasteiger partial charge on any atom is 0.248 e. The Hall–Kier alpha value is -2.40. The smallest absolute Gasteiger partial charge is 0.248 e. The summed E-state index contributed by atoms with van der Waals surface area (Å²) in [5, 5.41) is 5.38. The fourth-order valence-electron chi connectivity index (χ4n) is 3.34. The van der Waals surface area contributed by atoms with Gasteiger partial charge in [0.15, 0.2) is 0 Å². The van der Waals surface area contributed by atoms with Crippen LogP contribution in [0.25, 0.3) is 10.9 Å². The van der Waals surface area contributed by atoms with E-state index < -0.39 is 0 Å². The van der Waals surface area contributed by atoms with E-state index >= 15 is 0 Å². The lowest BCUT2D eigenvalue weighted by atomic mass is 9.88. The Morgan fingerprint density at radius 2 is 1.88 bits per heavy atom. The van der Waals surface area contributed by atoms with Crippen LogP contribution in [0, 0.1) is 6.92 Å². The van der Waals surface area contributed by atoms with Gasteiger partial charge in [-0.25, -0.2) is 5.43 Å². The van der Waals surface area contributed by atoms with Gasteiger partial charge in [-0.05, 0) is 36.2 Å². The molecule has 120 valence electrons. The minimum absolute atomic E-state index is 0.0521. The molecule has 0 radical (unpaired) electrons. The summed E-state index contributed by atoms with van der Waals surface area (Å²) >= 11 is 3.45. The number of carbonyl (C=O) groups is 1. The molecule has 0 spiro atoms. The molecule has 0 bridgehead atoms. The molecular formula is C19H16BrN3O. The summed E-state index contributed by atoms with van der Waals surface area (Å²) in [5.41, 5.74) is 7.79. The second kappa shape index (κ2) is 5.91. The first-order chi connectivity index (χ1) is 11.6. The quantitative estimate of drug-likeness (QED) is 0.684. The standard InChI is InChI=1S/C19H16BrN3O/c1-11-18(14-4-2-3-5-16(14)21-11)15-10-17(22-23-19(15)24)12-6-8-13(20)9-7-12/h2-9,15,21H,10H2,1H3,(H,23,24). The van der Waals surface area contributed by atoms with E-state index in [4.69, 9.17) is 0 Å². The molecule has 1 atom stereocenters. The van der Waals surface area contributed by atoms with Gasteiger partial charge < -0.3 is 4.98 Å². The van der Waals surface area contributed by atoms with Gasteiger partial charge in [0.05, 0.1) is 11.6 Å². The Balaban J connectivity index is 1.75. The minimum atomic E-state index is -0.239. The number of hydrogen-bond donors (Lipinski definition) is 2. The largest absolute Gasteiger partial charge is 0.358 e. The molecule has 1 amide bonds. The fourth-order valence-corrected chi connectivity index (χ4v) is 3.60. The molecule has 0 fully saturated rings. The van der Waals surface area contributed by atoms with E-state index in [2.05, 4.69) is 37.5 Å². The van der Waals surface area contributed by atoms with Gasteiger partial charge in [-0.2, -0.15) is 5.10 Å². The van der Waals surface area contributed by atoms with Gasteiger partial charge in [-0.3, -0.25) is 4.79 Å². The highest BCUT2D eigenvalue weighted by atomic mass is 79.9. The minimum Gasteiger partial charge on any atom is -0.358 e. The van der Waals surface area contributed by atoms with Crippen molar-refractivity contribution in [3.63, 3.8) is 0 Å². The van der Waals surface area contributed by atoms with Crippen LogP contribution in [0.4, 0.5) is 0 Å². The van der Waals surface area contributed by atoms with Gasteiger partial charge in [0.25, 0.3) is 0 Å². The van der Waals surface area contributed by atoms with Crippen molar-refractivity contribution >= 4 is 38.5 Å². The highest BCUT2D eigenvalue weighted by Crippen LogP contribution is 2.33. The third-order valence-corrected chi connectivity index (χ3v) is 5.01. The molecule has 4 nitrogen and oxygen atoms in total.